The molecule has 0 saturated carbocycles. The van der Waals surface area contributed by atoms with Gasteiger partial charge in [0.05, 0.1) is 11.8 Å². The maximum Gasteiger partial charge on any atom is 0.148 e. The van der Waals surface area contributed by atoms with Crippen LogP contribution >= 0.6 is 11.3 Å². The SMILES string of the molecule is Nc1ccc(NCC(O)c2ccsc2)c(F)c1. The van der Waals surface area contributed by atoms with Crippen LogP contribution in [0.1, 0.15) is 11.7 Å². The fraction of sp³-hybridized carbons (Fsp3) is 0.167. The van der Waals surface area contributed by atoms with Gasteiger partial charge >= 0.3 is 0 Å². The molecule has 0 aliphatic heterocycles. The van der Waals surface area contributed by atoms with Crippen LogP contribution in [0.15, 0.2) is 35.0 Å². The van der Waals surface area contributed by atoms with Crippen molar-refractivity contribution in [2.45, 2.75) is 6.10 Å². The fourth-order valence-corrected chi connectivity index (χ4v) is 2.17. The first-order chi connectivity index (χ1) is 8.16. The molecule has 0 amide bonds. The topological polar surface area (TPSA) is 58.3 Å². The summed E-state index contributed by atoms with van der Waals surface area (Å²) < 4.78 is 13.4. The van der Waals surface area contributed by atoms with Crippen molar-refractivity contribution in [3.05, 3.63) is 46.4 Å². The van der Waals surface area contributed by atoms with Crippen LogP contribution in [0.4, 0.5) is 15.8 Å². The normalized spacial score (nSPS) is 12.4. The van der Waals surface area contributed by atoms with E-state index in [9.17, 15) is 9.50 Å². The zero-order chi connectivity index (χ0) is 12.3. The van der Waals surface area contributed by atoms with E-state index in [0.29, 0.717) is 11.4 Å². The van der Waals surface area contributed by atoms with Crippen molar-refractivity contribution < 1.29 is 9.50 Å². The Hall–Kier alpha value is -1.59. The van der Waals surface area contributed by atoms with Gasteiger partial charge in [-0.2, -0.15) is 11.3 Å². The van der Waals surface area contributed by atoms with Gasteiger partial charge in [-0.05, 0) is 40.6 Å². The number of hydrogen-bond acceptors (Lipinski definition) is 4. The largest absolute Gasteiger partial charge is 0.399 e. The molecule has 2 rings (SSSR count). The first-order valence-electron chi connectivity index (χ1n) is 5.16. The highest BCUT2D eigenvalue weighted by atomic mass is 32.1. The Morgan fingerprint density at radius 3 is 2.88 bits per heavy atom. The number of thiophene rings is 1. The third-order valence-corrected chi connectivity index (χ3v) is 3.11. The van der Waals surface area contributed by atoms with Crippen LogP contribution in [0.5, 0.6) is 0 Å². The number of nitrogens with two attached hydrogens (primary N) is 1. The molecule has 1 unspecified atom stereocenters. The molecule has 90 valence electrons. The number of nitrogen functional groups attached to an aromatic ring is 1. The summed E-state index contributed by atoms with van der Waals surface area (Å²) in [6.07, 6.45) is -0.641. The van der Waals surface area contributed by atoms with Crippen LogP contribution in [-0.2, 0) is 0 Å². The predicted molar refractivity (Wildman–Crippen MR) is 68.6 cm³/mol. The van der Waals surface area contributed by atoms with E-state index in [2.05, 4.69) is 5.32 Å². The molecule has 2 aromatic rings. The minimum Gasteiger partial charge on any atom is -0.399 e. The molecule has 3 nitrogen and oxygen atoms in total. The number of nitrogens with one attached hydrogen (secondary N) is 1. The molecule has 0 aliphatic rings. The Kier molecular flexibility index (Phi) is 3.61. The van der Waals surface area contributed by atoms with Crippen molar-refractivity contribution in [3.8, 4) is 0 Å². The summed E-state index contributed by atoms with van der Waals surface area (Å²) in [5, 5.41) is 16.4. The highest BCUT2D eigenvalue weighted by Crippen LogP contribution is 2.20. The second kappa shape index (κ2) is 5.16. The van der Waals surface area contributed by atoms with E-state index in [4.69, 9.17) is 5.73 Å². The maximum absolute atomic E-state index is 13.4. The van der Waals surface area contributed by atoms with Gasteiger partial charge in [-0.25, -0.2) is 4.39 Å². The Bertz CT molecular complexity index is 487. The monoisotopic (exact) mass is 252 g/mol. The number of aliphatic hydroxyl groups excluding tert-OH is 1. The lowest BCUT2D eigenvalue weighted by Gasteiger charge is -2.12. The summed E-state index contributed by atoms with van der Waals surface area (Å²) in [6.45, 7) is 0.261. The van der Waals surface area contributed by atoms with E-state index in [-0.39, 0.29) is 6.54 Å². The molecular weight excluding hydrogens is 239 g/mol. The van der Waals surface area contributed by atoms with E-state index >= 15 is 0 Å². The molecule has 4 N–H and O–H groups in total. The van der Waals surface area contributed by atoms with Crippen molar-refractivity contribution in [1.29, 1.82) is 0 Å². The Morgan fingerprint density at radius 1 is 1.41 bits per heavy atom. The van der Waals surface area contributed by atoms with Crippen molar-refractivity contribution in [1.82, 2.24) is 0 Å². The van der Waals surface area contributed by atoms with Crippen LogP contribution in [0, 0.1) is 5.82 Å². The highest BCUT2D eigenvalue weighted by Gasteiger charge is 2.09. The molecule has 1 aromatic heterocycles. The highest BCUT2D eigenvalue weighted by molar-refractivity contribution is 7.07. The molecule has 0 aliphatic carbocycles. The van der Waals surface area contributed by atoms with Gasteiger partial charge in [0.2, 0.25) is 0 Å². The number of hydrogen-bond donors (Lipinski definition) is 3. The van der Waals surface area contributed by atoms with Gasteiger partial charge in [0.1, 0.15) is 5.82 Å². The number of halogens is 1. The lowest BCUT2D eigenvalue weighted by atomic mass is 10.2. The van der Waals surface area contributed by atoms with Gasteiger partial charge in [-0.15, -0.1) is 0 Å². The first-order valence-corrected chi connectivity index (χ1v) is 6.10. The average molecular weight is 252 g/mol. The summed E-state index contributed by atoms with van der Waals surface area (Å²) in [7, 11) is 0. The Balaban J connectivity index is 1.98. The number of anilines is 2. The molecule has 0 saturated heterocycles. The molecule has 1 aromatic carbocycles. The van der Waals surface area contributed by atoms with E-state index < -0.39 is 11.9 Å². The zero-order valence-electron chi connectivity index (χ0n) is 9.06. The summed E-state index contributed by atoms with van der Waals surface area (Å²) >= 11 is 1.52. The maximum atomic E-state index is 13.4. The van der Waals surface area contributed by atoms with Crippen LogP contribution in [0.25, 0.3) is 0 Å². The third kappa shape index (κ3) is 2.95. The molecule has 5 heteroatoms. The number of aliphatic hydroxyl groups is 1. The van der Waals surface area contributed by atoms with Gasteiger partial charge in [0, 0.05) is 12.2 Å². The van der Waals surface area contributed by atoms with Gasteiger partial charge in [0.15, 0.2) is 0 Å². The number of rotatable bonds is 4. The van der Waals surface area contributed by atoms with Gasteiger partial charge in [-0.3, -0.25) is 0 Å². The van der Waals surface area contributed by atoms with Crippen molar-refractivity contribution in [2.24, 2.45) is 0 Å². The lowest BCUT2D eigenvalue weighted by molar-refractivity contribution is 0.192. The summed E-state index contributed by atoms with van der Waals surface area (Å²) in [5.74, 6) is -0.414. The zero-order valence-corrected chi connectivity index (χ0v) is 9.88. The van der Waals surface area contributed by atoms with E-state index in [1.54, 1.807) is 12.1 Å². The van der Waals surface area contributed by atoms with Crippen LogP contribution < -0.4 is 11.1 Å². The number of benzene rings is 1. The van der Waals surface area contributed by atoms with E-state index in [1.165, 1.54) is 17.4 Å². The first kappa shape index (κ1) is 11.9. The summed E-state index contributed by atoms with van der Waals surface area (Å²) in [5.41, 5.74) is 7.00. The summed E-state index contributed by atoms with van der Waals surface area (Å²) in [6, 6.07) is 6.27. The Morgan fingerprint density at radius 2 is 2.24 bits per heavy atom. The Labute approximate surface area is 103 Å². The molecule has 17 heavy (non-hydrogen) atoms. The molecule has 0 spiro atoms. The van der Waals surface area contributed by atoms with Gasteiger partial charge < -0.3 is 16.2 Å². The molecule has 0 fully saturated rings. The van der Waals surface area contributed by atoms with Crippen LogP contribution in [0.2, 0.25) is 0 Å². The van der Waals surface area contributed by atoms with E-state index in [0.717, 1.165) is 5.56 Å². The predicted octanol–water partition coefficient (Wildman–Crippen LogP) is 2.61. The fourth-order valence-electron chi connectivity index (χ4n) is 1.46. The second-order valence-electron chi connectivity index (χ2n) is 3.69. The van der Waals surface area contributed by atoms with Gasteiger partial charge in [0.25, 0.3) is 0 Å². The standard InChI is InChI=1S/C12H13FN2OS/c13-10-5-9(14)1-2-11(10)15-6-12(16)8-3-4-17-7-8/h1-5,7,12,15-16H,6,14H2. The smallest absolute Gasteiger partial charge is 0.148 e. The minimum absolute atomic E-state index is 0.261. The van der Waals surface area contributed by atoms with Crippen molar-refractivity contribution in [2.75, 3.05) is 17.6 Å². The molecule has 1 atom stereocenters. The van der Waals surface area contributed by atoms with Crippen LogP contribution in [-0.4, -0.2) is 11.7 Å². The second-order valence-corrected chi connectivity index (χ2v) is 4.47. The molecule has 0 radical (unpaired) electrons. The molecular formula is C12H13FN2OS. The van der Waals surface area contributed by atoms with Crippen molar-refractivity contribution in [3.63, 3.8) is 0 Å². The molecule has 1 heterocycles. The van der Waals surface area contributed by atoms with E-state index in [1.807, 2.05) is 16.8 Å². The van der Waals surface area contributed by atoms with Gasteiger partial charge in [-0.1, -0.05) is 0 Å². The van der Waals surface area contributed by atoms with Crippen LogP contribution in [0.3, 0.4) is 0 Å². The van der Waals surface area contributed by atoms with Crippen molar-refractivity contribution >= 4 is 22.7 Å². The average Bonchev–Trinajstić information content (AvgIpc) is 2.81. The third-order valence-electron chi connectivity index (χ3n) is 2.41. The minimum atomic E-state index is -0.641. The molecule has 0 bridgehead atoms. The lowest BCUT2D eigenvalue weighted by Crippen LogP contribution is -2.12. The quantitative estimate of drug-likeness (QED) is 0.733. The summed E-state index contributed by atoms with van der Waals surface area (Å²) in [4.78, 5) is 0.